The number of hydrogen-bond donors (Lipinski definition) is 1. The number of amides is 3. The Hall–Kier alpha value is -3.48. The van der Waals surface area contributed by atoms with Gasteiger partial charge in [0.15, 0.2) is 6.61 Å². The van der Waals surface area contributed by atoms with E-state index in [0.29, 0.717) is 30.1 Å². The van der Waals surface area contributed by atoms with E-state index < -0.39 is 18.5 Å². The van der Waals surface area contributed by atoms with Crippen LogP contribution in [0.4, 0.5) is 11.4 Å². The largest absolute Gasteiger partial charge is 0.452 e. The van der Waals surface area contributed by atoms with Gasteiger partial charge in [-0.05, 0) is 68.0 Å². The van der Waals surface area contributed by atoms with Crippen molar-refractivity contribution in [3.63, 3.8) is 0 Å². The Labute approximate surface area is 186 Å². The molecule has 1 heterocycles. The highest BCUT2D eigenvalue weighted by molar-refractivity contribution is 6.22. The molecule has 1 saturated carbocycles. The van der Waals surface area contributed by atoms with Gasteiger partial charge in [0, 0.05) is 5.69 Å². The van der Waals surface area contributed by atoms with Gasteiger partial charge in [-0.15, -0.1) is 0 Å². The highest BCUT2D eigenvalue weighted by Crippen LogP contribution is 2.42. The minimum Gasteiger partial charge on any atom is -0.452 e. The standard InChI is InChI=1S/C25H26N2O5/c1-15-5-3-7-18(11-15)26-22(28)14-32-25(31)17-6-4-8-19(13-17)27-23(29)20-10-9-16(2)12-21(20)24(27)30/h3-8,11,13,16,20-21H,9-10,12,14H2,1-2H3,(H,26,28)/t16-,20+,21-/m0/s1. The number of benzene rings is 2. The van der Waals surface area contributed by atoms with E-state index in [1.807, 2.05) is 25.1 Å². The van der Waals surface area contributed by atoms with E-state index in [-0.39, 0.29) is 29.2 Å². The molecule has 7 heteroatoms. The van der Waals surface area contributed by atoms with Gasteiger partial charge >= 0.3 is 5.97 Å². The number of carbonyl (C=O) groups is 4. The van der Waals surface area contributed by atoms with Crippen LogP contribution in [0.1, 0.15) is 42.1 Å². The van der Waals surface area contributed by atoms with Gasteiger partial charge in [-0.1, -0.05) is 25.1 Å². The molecule has 2 fully saturated rings. The molecule has 7 nitrogen and oxygen atoms in total. The molecule has 1 saturated heterocycles. The van der Waals surface area contributed by atoms with E-state index in [0.717, 1.165) is 12.0 Å². The van der Waals surface area contributed by atoms with Crippen molar-refractivity contribution < 1.29 is 23.9 Å². The zero-order valence-corrected chi connectivity index (χ0v) is 18.2. The van der Waals surface area contributed by atoms with Crippen LogP contribution in [0.25, 0.3) is 0 Å². The maximum atomic E-state index is 12.9. The summed E-state index contributed by atoms with van der Waals surface area (Å²) in [6, 6.07) is 13.5. The number of aryl methyl sites for hydroxylation is 1. The summed E-state index contributed by atoms with van der Waals surface area (Å²) < 4.78 is 5.13. The van der Waals surface area contributed by atoms with Crippen LogP contribution in [0.3, 0.4) is 0 Å². The van der Waals surface area contributed by atoms with Gasteiger partial charge in [0.25, 0.3) is 5.91 Å². The molecule has 0 spiro atoms. The number of nitrogens with one attached hydrogen (secondary N) is 1. The van der Waals surface area contributed by atoms with Crippen molar-refractivity contribution in [2.75, 3.05) is 16.8 Å². The van der Waals surface area contributed by atoms with Gasteiger partial charge in [0.05, 0.1) is 23.1 Å². The molecule has 0 radical (unpaired) electrons. The van der Waals surface area contributed by atoms with Crippen LogP contribution in [0, 0.1) is 24.7 Å². The Bertz CT molecular complexity index is 1080. The first-order chi connectivity index (χ1) is 15.3. The molecule has 3 atom stereocenters. The molecule has 4 rings (SSSR count). The highest BCUT2D eigenvalue weighted by Gasteiger charge is 2.50. The maximum absolute atomic E-state index is 12.9. The number of nitrogens with zero attached hydrogens (tertiary/aromatic N) is 1. The predicted octanol–water partition coefficient (Wildman–Crippen LogP) is 3.72. The molecule has 2 aromatic rings. The minimum absolute atomic E-state index is 0.176. The van der Waals surface area contributed by atoms with E-state index >= 15 is 0 Å². The van der Waals surface area contributed by atoms with Gasteiger partial charge in [-0.3, -0.25) is 19.3 Å². The average Bonchev–Trinajstić information content (AvgIpc) is 3.01. The summed E-state index contributed by atoms with van der Waals surface area (Å²) in [5, 5.41) is 2.68. The van der Waals surface area contributed by atoms with Crippen molar-refractivity contribution >= 4 is 35.1 Å². The van der Waals surface area contributed by atoms with Crippen LogP contribution in [0.15, 0.2) is 48.5 Å². The van der Waals surface area contributed by atoms with Crippen LogP contribution in [-0.2, 0) is 19.1 Å². The Morgan fingerprint density at radius 3 is 2.56 bits per heavy atom. The van der Waals surface area contributed by atoms with Gasteiger partial charge in [-0.25, -0.2) is 4.79 Å². The van der Waals surface area contributed by atoms with Gasteiger partial charge in [0.2, 0.25) is 11.8 Å². The molecule has 0 bridgehead atoms. The molecular weight excluding hydrogens is 408 g/mol. The van der Waals surface area contributed by atoms with Crippen molar-refractivity contribution in [3.05, 3.63) is 59.7 Å². The molecule has 1 aliphatic carbocycles. The number of imide groups is 1. The van der Waals surface area contributed by atoms with Crippen molar-refractivity contribution in [2.45, 2.75) is 33.1 Å². The lowest BCUT2D eigenvalue weighted by Crippen LogP contribution is -2.31. The van der Waals surface area contributed by atoms with E-state index in [9.17, 15) is 19.2 Å². The Balaban J connectivity index is 1.41. The van der Waals surface area contributed by atoms with Gasteiger partial charge < -0.3 is 10.1 Å². The molecule has 0 unspecified atom stereocenters. The third-order valence-electron chi connectivity index (χ3n) is 6.16. The molecular formula is C25H26N2O5. The molecule has 3 amide bonds. The normalized spacial score (nSPS) is 22.4. The van der Waals surface area contributed by atoms with E-state index in [4.69, 9.17) is 4.74 Å². The second-order valence-corrected chi connectivity index (χ2v) is 8.69. The quantitative estimate of drug-likeness (QED) is 0.572. The number of hydrogen-bond acceptors (Lipinski definition) is 5. The molecule has 166 valence electrons. The highest BCUT2D eigenvalue weighted by atomic mass is 16.5. The van der Waals surface area contributed by atoms with E-state index in [1.54, 1.807) is 18.2 Å². The molecule has 32 heavy (non-hydrogen) atoms. The van der Waals surface area contributed by atoms with Crippen LogP contribution in [-0.4, -0.2) is 30.3 Å². The first-order valence-electron chi connectivity index (χ1n) is 10.8. The second-order valence-electron chi connectivity index (χ2n) is 8.69. The zero-order chi connectivity index (χ0) is 22.8. The summed E-state index contributed by atoms with van der Waals surface area (Å²) in [7, 11) is 0. The van der Waals surface area contributed by atoms with Crippen molar-refractivity contribution in [3.8, 4) is 0 Å². The summed E-state index contributed by atoms with van der Waals surface area (Å²) in [6.07, 6.45) is 2.36. The number of carbonyl (C=O) groups excluding carboxylic acids is 4. The lowest BCUT2D eigenvalue weighted by atomic mass is 9.76. The third-order valence-corrected chi connectivity index (χ3v) is 6.16. The second kappa shape index (κ2) is 8.94. The fourth-order valence-corrected chi connectivity index (χ4v) is 4.55. The number of ether oxygens (including phenoxy) is 1. The summed E-state index contributed by atoms with van der Waals surface area (Å²) in [4.78, 5) is 51.6. The monoisotopic (exact) mass is 434 g/mol. The topological polar surface area (TPSA) is 92.8 Å². The number of anilines is 2. The van der Waals surface area contributed by atoms with Gasteiger partial charge in [-0.2, -0.15) is 0 Å². The van der Waals surface area contributed by atoms with Gasteiger partial charge in [0.1, 0.15) is 0 Å². The summed E-state index contributed by atoms with van der Waals surface area (Å²) in [5.74, 6) is -1.70. The van der Waals surface area contributed by atoms with Crippen LogP contribution >= 0.6 is 0 Å². The Kier molecular flexibility index (Phi) is 6.08. The number of fused-ring (bicyclic) bond motifs is 1. The van der Waals surface area contributed by atoms with E-state index in [2.05, 4.69) is 12.2 Å². The number of rotatable bonds is 5. The van der Waals surface area contributed by atoms with Crippen LogP contribution < -0.4 is 10.2 Å². The Morgan fingerprint density at radius 2 is 1.78 bits per heavy atom. The molecule has 2 aromatic carbocycles. The lowest BCUT2D eigenvalue weighted by molar-refractivity contribution is -0.122. The lowest BCUT2D eigenvalue weighted by Gasteiger charge is -2.25. The number of esters is 1. The van der Waals surface area contributed by atoms with E-state index in [1.165, 1.54) is 17.0 Å². The van der Waals surface area contributed by atoms with Crippen LogP contribution in [0.2, 0.25) is 0 Å². The maximum Gasteiger partial charge on any atom is 0.338 e. The zero-order valence-electron chi connectivity index (χ0n) is 18.2. The summed E-state index contributed by atoms with van der Waals surface area (Å²) in [5.41, 5.74) is 2.15. The SMILES string of the molecule is Cc1cccc(NC(=O)COC(=O)c2cccc(N3C(=O)[C@H]4C[C@@H](C)CC[C@H]4C3=O)c2)c1. The minimum atomic E-state index is -0.698. The summed E-state index contributed by atoms with van der Waals surface area (Å²) >= 11 is 0. The fourth-order valence-electron chi connectivity index (χ4n) is 4.55. The average molecular weight is 434 g/mol. The summed E-state index contributed by atoms with van der Waals surface area (Å²) in [6.45, 7) is 3.57. The first-order valence-corrected chi connectivity index (χ1v) is 10.8. The first kappa shape index (κ1) is 21.7. The molecule has 2 aliphatic rings. The molecule has 1 N–H and O–H groups in total. The predicted molar refractivity (Wildman–Crippen MR) is 119 cm³/mol. The van der Waals surface area contributed by atoms with Crippen molar-refractivity contribution in [2.24, 2.45) is 17.8 Å². The smallest absolute Gasteiger partial charge is 0.338 e. The Morgan fingerprint density at radius 1 is 1.03 bits per heavy atom. The molecule has 1 aliphatic heterocycles. The third kappa shape index (κ3) is 4.42. The fraction of sp³-hybridized carbons (Fsp3) is 0.360. The van der Waals surface area contributed by atoms with Crippen molar-refractivity contribution in [1.82, 2.24) is 0 Å². The van der Waals surface area contributed by atoms with Crippen molar-refractivity contribution in [1.29, 1.82) is 0 Å². The molecule has 0 aromatic heterocycles. The van der Waals surface area contributed by atoms with Crippen LogP contribution in [0.5, 0.6) is 0 Å².